The van der Waals surface area contributed by atoms with Crippen molar-refractivity contribution in [2.24, 2.45) is 0 Å². The smallest absolute Gasteiger partial charge is 0.251 e. The molecule has 0 saturated carbocycles. The largest absolute Gasteiger partial charge is 0.485 e. The van der Waals surface area contributed by atoms with Crippen molar-refractivity contribution in [3.63, 3.8) is 0 Å². The molecule has 284 valence electrons. The Morgan fingerprint density at radius 1 is 0.593 bits per heavy atom. The lowest BCUT2D eigenvalue weighted by Crippen LogP contribution is -2.53. The van der Waals surface area contributed by atoms with Crippen LogP contribution in [0.1, 0.15) is 106 Å². The molecule has 14 heteroatoms. The van der Waals surface area contributed by atoms with Gasteiger partial charge in [0, 0.05) is 33.4 Å². The number of ketones is 2. The molecule has 0 radical (unpaired) electrons. The summed E-state index contributed by atoms with van der Waals surface area (Å²) < 4.78 is 38.4. The first-order chi connectivity index (χ1) is 25.2. The average Bonchev–Trinajstić information content (AvgIpc) is 3.10. The number of ether oxygens (including phenoxy) is 2. The lowest BCUT2D eigenvalue weighted by molar-refractivity contribution is -0.0628. The number of nitrogens with one attached hydrogen (secondary N) is 2. The van der Waals surface area contributed by atoms with E-state index in [9.17, 15) is 38.2 Å². The van der Waals surface area contributed by atoms with Gasteiger partial charge < -0.3 is 30.3 Å². The molecule has 10 nitrogen and oxygen atoms in total. The van der Waals surface area contributed by atoms with Gasteiger partial charge >= 0.3 is 0 Å². The van der Waals surface area contributed by atoms with Gasteiger partial charge in [0.25, 0.3) is 11.8 Å². The topological polar surface area (TPSA) is 151 Å². The van der Waals surface area contributed by atoms with Crippen molar-refractivity contribution < 1.29 is 47.6 Å². The summed E-state index contributed by atoms with van der Waals surface area (Å²) >= 11 is 11.5. The number of Topliss-reactive ketones (excluding diaryl/α,β-unsaturated/α-hetero) is 2. The number of hydrogen-bond donors (Lipinski definition) is 4. The molecule has 2 amide bonds. The van der Waals surface area contributed by atoms with Crippen LogP contribution in [0.5, 0.6) is 11.5 Å². The van der Waals surface area contributed by atoms with E-state index >= 15 is 0 Å². The quantitative estimate of drug-likeness (QED) is 0.148. The zero-order valence-electron chi connectivity index (χ0n) is 30.1. The Bertz CT molecular complexity index is 2010. The second-order valence-electron chi connectivity index (χ2n) is 14.1. The van der Waals surface area contributed by atoms with Crippen molar-refractivity contribution in [2.75, 3.05) is 0 Å². The summed E-state index contributed by atoms with van der Waals surface area (Å²) in [7, 11) is 0. The normalized spacial score (nSPS) is 20.4. The van der Waals surface area contributed by atoms with E-state index in [0.29, 0.717) is 33.8 Å². The molecular formula is C40H38Cl2F2N2O8. The molecular weight excluding hydrogens is 745 g/mol. The van der Waals surface area contributed by atoms with Crippen LogP contribution in [-0.4, -0.2) is 57.0 Å². The Morgan fingerprint density at radius 3 is 1.24 bits per heavy atom. The predicted octanol–water partition coefficient (Wildman–Crippen LogP) is 7.37. The molecule has 0 spiro atoms. The van der Waals surface area contributed by atoms with Gasteiger partial charge in [-0.15, -0.1) is 0 Å². The molecule has 0 aromatic heterocycles. The van der Waals surface area contributed by atoms with Crippen molar-refractivity contribution in [1.29, 1.82) is 0 Å². The molecule has 0 saturated heterocycles. The molecule has 0 bridgehead atoms. The van der Waals surface area contributed by atoms with Crippen LogP contribution in [0.15, 0.2) is 72.8 Å². The summed E-state index contributed by atoms with van der Waals surface area (Å²) in [6, 6.07) is 15.4. The highest BCUT2D eigenvalue weighted by Crippen LogP contribution is 2.42. The SMILES string of the molecule is CC(=O)c1ccc2c(c1)[C@H](NC(=O)c1ccc(F)c(Cl)c1)[C@H](O)C(C)(C)O2.CC(=O)c1ccc2c(c1)[C@H](NC(=O)c1ccc(F)c(Cl)c1)[C@H](O)C(C)(C)O2. The summed E-state index contributed by atoms with van der Waals surface area (Å²) in [5.74, 6) is -1.67. The maximum absolute atomic E-state index is 13.3. The number of halogens is 4. The van der Waals surface area contributed by atoms with Crippen molar-refractivity contribution in [3.8, 4) is 11.5 Å². The Balaban J connectivity index is 0.000000208. The first-order valence-corrected chi connectivity index (χ1v) is 17.5. The Kier molecular flexibility index (Phi) is 11.5. The van der Waals surface area contributed by atoms with Crippen LogP contribution in [0.4, 0.5) is 8.78 Å². The average molecular weight is 784 g/mol. The molecule has 0 unspecified atom stereocenters. The van der Waals surface area contributed by atoms with E-state index in [-0.39, 0.29) is 32.7 Å². The van der Waals surface area contributed by atoms with E-state index in [1.807, 2.05) is 0 Å². The molecule has 6 rings (SSSR count). The number of hydrogen-bond acceptors (Lipinski definition) is 8. The van der Waals surface area contributed by atoms with Crippen molar-refractivity contribution in [1.82, 2.24) is 10.6 Å². The lowest BCUT2D eigenvalue weighted by atomic mass is 9.85. The van der Waals surface area contributed by atoms with Crippen LogP contribution in [0.25, 0.3) is 0 Å². The minimum Gasteiger partial charge on any atom is -0.485 e. The zero-order valence-corrected chi connectivity index (χ0v) is 31.6. The van der Waals surface area contributed by atoms with Crippen molar-refractivity contribution in [2.45, 2.75) is 77.0 Å². The van der Waals surface area contributed by atoms with Gasteiger partial charge in [0.05, 0.1) is 22.1 Å². The van der Waals surface area contributed by atoms with E-state index in [4.69, 9.17) is 32.7 Å². The van der Waals surface area contributed by atoms with Crippen LogP contribution in [0, 0.1) is 11.6 Å². The molecule has 0 fully saturated rings. The van der Waals surface area contributed by atoms with Crippen molar-refractivity contribution >= 4 is 46.6 Å². The summed E-state index contributed by atoms with van der Waals surface area (Å²) in [5, 5.41) is 26.7. The van der Waals surface area contributed by atoms with E-state index in [1.54, 1.807) is 64.1 Å². The molecule has 54 heavy (non-hydrogen) atoms. The van der Waals surface area contributed by atoms with Gasteiger partial charge in [-0.1, -0.05) is 23.2 Å². The monoisotopic (exact) mass is 782 g/mol. The summed E-state index contributed by atoms with van der Waals surface area (Å²) in [6.07, 6.45) is -2.15. The Hall–Kier alpha value is -4.88. The number of carbonyl (C=O) groups excluding carboxylic acids is 4. The first kappa shape index (κ1) is 40.3. The Morgan fingerprint density at radius 2 is 0.926 bits per heavy atom. The summed E-state index contributed by atoms with van der Waals surface area (Å²) in [5.41, 5.74) is 0.241. The summed E-state index contributed by atoms with van der Waals surface area (Å²) in [6.45, 7) is 9.67. The number of benzene rings is 4. The molecule has 2 aliphatic rings. The first-order valence-electron chi connectivity index (χ1n) is 16.8. The summed E-state index contributed by atoms with van der Waals surface area (Å²) in [4.78, 5) is 48.7. The number of carbonyl (C=O) groups is 4. The molecule has 4 N–H and O–H groups in total. The van der Waals surface area contributed by atoms with Gasteiger partial charge in [0.1, 0.15) is 46.5 Å². The molecule has 4 aromatic carbocycles. The highest BCUT2D eigenvalue weighted by Gasteiger charge is 2.45. The third-order valence-electron chi connectivity index (χ3n) is 9.24. The Labute approximate surface area is 320 Å². The van der Waals surface area contributed by atoms with Gasteiger partial charge in [-0.2, -0.15) is 0 Å². The van der Waals surface area contributed by atoms with Crippen molar-refractivity contribution in [3.05, 3.63) is 128 Å². The lowest BCUT2D eigenvalue weighted by Gasteiger charge is -2.42. The van der Waals surface area contributed by atoms with Gasteiger partial charge in [0.15, 0.2) is 11.6 Å². The van der Waals surface area contributed by atoms with E-state index in [0.717, 1.165) is 12.1 Å². The third kappa shape index (κ3) is 8.42. The number of fused-ring (bicyclic) bond motifs is 2. The minimum absolute atomic E-state index is 0.146. The maximum Gasteiger partial charge on any atom is 0.251 e. The van der Waals surface area contributed by atoms with Crippen LogP contribution in [0.3, 0.4) is 0 Å². The molecule has 2 aliphatic heterocycles. The third-order valence-corrected chi connectivity index (χ3v) is 9.82. The fourth-order valence-corrected chi connectivity index (χ4v) is 6.44. The van der Waals surface area contributed by atoms with Crippen LogP contribution in [-0.2, 0) is 0 Å². The van der Waals surface area contributed by atoms with E-state index < -0.39 is 58.9 Å². The fourth-order valence-electron chi connectivity index (χ4n) is 6.07. The second kappa shape index (κ2) is 15.5. The van der Waals surface area contributed by atoms with Crippen LogP contribution in [0.2, 0.25) is 10.0 Å². The minimum atomic E-state index is -1.08. The number of aliphatic hydroxyl groups is 2. The molecule has 4 aromatic rings. The highest BCUT2D eigenvalue weighted by atomic mass is 35.5. The maximum atomic E-state index is 13.3. The van der Waals surface area contributed by atoms with E-state index in [2.05, 4.69) is 10.6 Å². The zero-order chi connectivity index (χ0) is 39.9. The number of aliphatic hydroxyl groups excluding tert-OH is 2. The van der Waals surface area contributed by atoms with Gasteiger partial charge in [-0.05, 0) is 114 Å². The standard InChI is InChI=1S/2C20H19ClFNO4/c2*1-10(24)11-5-7-16-13(8-11)17(18(25)20(2,3)27-16)23-19(26)12-4-6-15(22)14(21)9-12/h2*4-9,17-18,25H,1-3H3,(H,23,26)/t2*17-,18-/m00/s1. The fraction of sp³-hybridized carbons (Fsp3) is 0.300. The molecule has 0 aliphatic carbocycles. The molecule has 4 atom stereocenters. The van der Waals surface area contributed by atoms with Gasteiger partial charge in [-0.3, -0.25) is 19.2 Å². The molecule has 2 heterocycles. The van der Waals surface area contributed by atoms with E-state index in [1.165, 1.54) is 38.1 Å². The predicted molar refractivity (Wildman–Crippen MR) is 198 cm³/mol. The highest BCUT2D eigenvalue weighted by molar-refractivity contribution is 6.31. The van der Waals surface area contributed by atoms with Crippen LogP contribution < -0.4 is 20.1 Å². The van der Waals surface area contributed by atoms with Gasteiger partial charge in [0.2, 0.25) is 0 Å². The van der Waals surface area contributed by atoms with Crippen LogP contribution >= 0.6 is 23.2 Å². The van der Waals surface area contributed by atoms with Gasteiger partial charge in [-0.25, -0.2) is 8.78 Å². The number of amides is 2. The number of rotatable bonds is 6. The second-order valence-corrected chi connectivity index (χ2v) is 14.9.